The van der Waals surface area contributed by atoms with E-state index in [4.69, 9.17) is 5.73 Å². The Morgan fingerprint density at radius 2 is 2.05 bits per heavy atom. The first-order chi connectivity index (χ1) is 8.81. The second kappa shape index (κ2) is 5.42. The Labute approximate surface area is 122 Å². The van der Waals surface area contributed by atoms with Gasteiger partial charge in [0.05, 0.1) is 4.90 Å². The van der Waals surface area contributed by atoms with Gasteiger partial charge in [-0.3, -0.25) is 0 Å². The van der Waals surface area contributed by atoms with Gasteiger partial charge >= 0.3 is 0 Å². The third-order valence-corrected chi connectivity index (χ3v) is 6.00. The van der Waals surface area contributed by atoms with Crippen LogP contribution in [0.1, 0.15) is 31.7 Å². The fraction of sp³-hybridized carbons (Fsp3) is 0.538. The summed E-state index contributed by atoms with van der Waals surface area (Å²) < 4.78 is 28.3. The van der Waals surface area contributed by atoms with Crippen molar-refractivity contribution in [3.8, 4) is 0 Å². The average molecular weight is 347 g/mol. The predicted molar refractivity (Wildman–Crippen MR) is 80.4 cm³/mol. The minimum atomic E-state index is -3.52. The maximum absolute atomic E-state index is 12.4. The van der Waals surface area contributed by atoms with Gasteiger partial charge in [0.2, 0.25) is 10.0 Å². The van der Waals surface area contributed by atoms with Crippen LogP contribution in [0.4, 0.5) is 5.69 Å². The molecule has 1 aliphatic rings. The van der Waals surface area contributed by atoms with Crippen molar-refractivity contribution < 1.29 is 8.42 Å². The first-order valence-corrected chi connectivity index (χ1v) is 8.67. The van der Waals surface area contributed by atoms with Crippen molar-refractivity contribution in [2.45, 2.75) is 44.0 Å². The second-order valence-electron chi connectivity index (χ2n) is 5.22. The molecule has 1 atom stereocenters. The summed E-state index contributed by atoms with van der Waals surface area (Å²) in [5.74, 6) is 0.458. The Hall–Kier alpha value is -0.590. The molecular formula is C13H19BrN2O2S. The SMILES string of the molecule is Cc1c(N)cc(Br)cc1S(=O)(=O)NC(C)C1CCC1. The van der Waals surface area contributed by atoms with E-state index in [2.05, 4.69) is 20.7 Å². The van der Waals surface area contributed by atoms with Crippen molar-refractivity contribution in [1.82, 2.24) is 4.72 Å². The average Bonchev–Trinajstić information content (AvgIpc) is 2.19. The molecule has 0 aromatic heterocycles. The Bertz CT molecular complexity index is 583. The van der Waals surface area contributed by atoms with E-state index < -0.39 is 10.0 Å². The summed E-state index contributed by atoms with van der Waals surface area (Å²) in [4.78, 5) is 0.255. The van der Waals surface area contributed by atoms with Crippen LogP contribution in [0.3, 0.4) is 0 Å². The third kappa shape index (κ3) is 3.12. The third-order valence-electron chi connectivity index (χ3n) is 3.85. The van der Waals surface area contributed by atoms with Crippen molar-refractivity contribution in [3.63, 3.8) is 0 Å². The molecule has 6 heteroatoms. The van der Waals surface area contributed by atoms with Crippen LogP contribution in [0, 0.1) is 12.8 Å². The topological polar surface area (TPSA) is 72.2 Å². The molecule has 3 N–H and O–H groups in total. The van der Waals surface area contributed by atoms with Gasteiger partial charge in [-0.15, -0.1) is 0 Å². The van der Waals surface area contributed by atoms with Gasteiger partial charge in [-0.1, -0.05) is 22.4 Å². The fourth-order valence-corrected chi connectivity index (χ4v) is 4.54. The molecule has 19 heavy (non-hydrogen) atoms. The predicted octanol–water partition coefficient (Wildman–Crippen LogP) is 2.81. The second-order valence-corrected chi connectivity index (χ2v) is 7.82. The van der Waals surface area contributed by atoms with Crippen LogP contribution in [0.5, 0.6) is 0 Å². The first kappa shape index (κ1) is 14.8. The molecule has 0 bridgehead atoms. The van der Waals surface area contributed by atoms with E-state index in [1.807, 2.05) is 6.92 Å². The van der Waals surface area contributed by atoms with E-state index in [1.165, 1.54) is 6.42 Å². The normalized spacial score (nSPS) is 18.1. The zero-order chi connectivity index (χ0) is 14.2. The molecule has 0 heterocycles. The Kier molecular flexibility index (Phi) is 4.23. The molecule has 0 radical (unpaired) electrons. The smallest absolute Gasteiger partial charge is 0.241 e. The zero-order valence-electron chi connectivity index (χ0n) is 11.1. The maximum atomic E-state index is 12.4. The van der Waals surface area contributed by atoms with E-state index >= 15 is 0 Å². The van der Waals surface area contributed by atoms with Crippen LogP contribution in [-0.2, 0) is 10.0 Å². The van der Waals surface area contributed by atoms with Gasteiger partial charge < -0.3 is 5.73 Å². The standard InChI is InChI=1S/C13H19BrN2O2S/c1-8-12(15)6-11(14)7-13(8)19(17,18)16-9(2)10-4-3-5-10/h6-7,9-10,16H,3-5,15H2,1-2H3. The molecule has 1 aromatic carbocycles. The Morgan fingerprint density at radius 3 is 2.58 bits per heavy atom. The maximum Gasteiger partial charge on any atom is 0.241 e. The summed E-state index contributed by atoms with van der Waals surface area (Å²) >= 11 is 3.29. The molecule has 106 valence electrons. The number of nitrogen functional groups attached to an aromatic ring is 1. The van der Waals surface area contributed by atoms with Crippen molar-refractivity contribution in [2.75, 3.05) is 5.73 Å². The summed E-state index contributed by atoms with van der Waals surface area (Å²) in [6.45, 7) is 3.66. The molecule has 0 spiro atoms. The number of hydrogen-bond acceptors (Lipinski definition) is 3. The first-order valence-electron chi connectivity index (χ1n) is 6.39. The van der Waals surface area contributed by atoms with Gasteiger partial charge in [0.15, 0.2) is 0 Å². The van der Waals surface area contributed by atoms with E-state index in [0.717, 1.165) is 12.8 Å². The molecule has 1 fully saturated rings. The van der Waals surface area contributed by atoms with Crippen LogP contribution >= 0.6 is 15.9 Å². The monoisotopic (exact) mass is 346 g/mol. The zero-order valence-corrected chi connectivity index (χ0v) is 13.5. The number of sulfonamides is 1. The number of rotatable bonds is 4. The number of nitrogens with two attached hydrogens (primary N) is 1. The lowest BCUT2D eigenvalue weighted by Crippen LogP contribution is -2.40. The van der Waals surface area contributed by atoms with Gasteiger partial charge in [0.25, 0.3) is 0 Å². The molecule has 2 rings (SSSR count). The lowest BCUT2D eigenvalue weighted by Gasteiger charge is -2.31. The number of hydrogen-bond donors (Lipinski definition) is 2. The quantitative estimate of drug-likeness (QED) is 0.823. The van der Waals surface area contributed by atoms with Crippen LogP contribution in [0.2, 0.25) is 0 Å². The largest absolute Gasteiger partial charge is 0.398 e. The van der Waals surface area contributed by atoms with Gasteiger partial charge in [-0.2, -0.15) is 0 Å². The summed E-state index contributed by atoms with van der Waals surface area (Å²) in [7, 11) is -3.52. The Balaban J connectivity index is 2.28. The highest BCUT2D eigenvalue weighted by Gasteiger charge is 2.28. The van der Waals surface area contributed by atoms with Gasteiger partial charge in [-0.25, -0.2) is 13.1 Å². The van der Waals surface area contributed by atoms with E-state index in [1.54, 1.807) is 19.1 Å². The molecule has 0 saturated heterocycles. The summed E-state index contributed by atoms with van der Waals surface area (Å²) in [5.41, 5.74) is 6.90. The summed E-state index contributed by atoms with van der Waals surface area (Å²) in [5, 5.41) is 0. The Morgan fingerprint density at radius 1 is 1.42 bits per heavy atom. The number of anilines is 1. The number of nitrogens with one attached hydrogen (secondary N) is 1. The number of benzene rings is 1. The van der Waals surface area contributed by atoms with Gasteiger partial charge in [0.1, 0.15) is 0 Å². The minimum absolute atomic E-state index is 0.0293. The molecule has 1 aromatic rings. The van der Waals surface area contributed by atoms with Crippen molar-refractivity contribution in [2.24, 2.45) is 5.92 Å². The van der Waals surface area contributed by atoms with Gasteiger partial charge in [-0.05, 0) is 50.3 Å². The molecule has 1 saturated carbocycles. The van der Waals surface area contributed by atoms with Crippen LogP contribution in [0.25, 0.3) is 0 Å². The van der Waals surface area contributed by atoms with Crippen LogP contribution < -0.4 is 10.5 Å². The van der Waals surface area contributed by atoms with Crippen LogP contribution in [-0.4, -0.2) is 14.5 Å². The molecular weight excluding hydrogens is 328 g/mol. The molecule has 1 aliphatic carbocycles. The summed E-state index contributed by atoms with van der Waals surface area (Å²) in [6.07, 6.45) is 3.40. The minimum Gasteiger partial charge on any atom is -0.398 e. The van der Waals surface area contributed by atoms with E-state index in [0.29, 0.717) is 21.6 Å². The molecule has 0 aliphatic heterocycles. The van der Waals surface area contributed by atoms with E-state index in [-0.39, 0.29) is 10.9 Å². The lowest BCUT2D eigenvalue weighted by atomic mass is 9.81. The van der Waals surface area contributed by atoms with Crippen LogP contribution in [0.15, 0.2) is 21.5 Å². The fourth-order valence-electron chi connectivity index (χ4n) is 2.30. The van der Waals surface area contributed by atoms with Crippen molar-refractivity contribution in [1.29, 1.82) is 0 Å². The highest BCUT2D eigenvalue weighted by molar-refractivity contribution is 9.10. The highest BCUT2D eigenvalue weighted by atomic mass is 79.9. The highest BCUT2D eigenvalue weighted by Crippen LogP contribution is 2.31. The van der Waals surface area contributed by atoms with Gasteiger partial charge in [0, 0.05) is 16.2 Å². The van der Waals surface area contributed by atoms with E-state index in [9.17, 15) is 8.42 Å². The molecule has 4 nitrogen and oxygen atoms in total. The van der Waals surface area contributed by atoms with Crippen molar-refractivity contribution >= 4 is 31.6 Å². The van der Waals surface area contributed by atoms with Crippen molar-refractivity contribution in [3.05, 3.63) is 22.2 Å². The number of halogens is 1. The molecule has 1 unspecified atom stereocenters. The summed E-state index contributed by atoms with van der Waals surface area (Å²) in [6, 6.07) is 3.28. The lowest BCUT2D eigenvalue weighted by molar-refractivity contribution is 0.260. The molecule has 0 amide bonds.